The first kappa shape index (κ1) is 22.9. The molecular formula is C21H21ClN4O3S2. The first-order valence-electron chi connectivity index (χ1n) is 9.64. The Morgan fingerprint density at radius 3 is 2.68 bits per heavy atom. The van der Waals surface area contributed by atoms with Gasteiger partial charge in [0, 0.05) is 17.7 Å². The number of anilines is 2. The Morgan fingerprint density at radius 2 is 1.97 bits per heavy atom. The lowest BCUT2D eigenvalue weighted by atomic mass is 10.2. The van der Waals surface area contributed by atoms with Crippen LogP contribution in [-0.2, 0) is 4.79 Å². The fourth-order valence-corrected chi connectivity index (χ4v) is 4.08. The number of hydrogen-bond acceptors (Lipinski definition) is 6. The lowest BCUT2D eigenvalue weighted by Gasteiger charge is -2.11. The van der Waals surface area contributed by atoms with E-state index in [1.165, 1.54) is 17.4 Å². The van der Waals surface area contributed by atoms with Gasteiger partial charge in [0.1, 0.15) is 5.75 Å². The third-order valence-corrected chi connectivity index (χ3v) is 5.52. The van der Waals surface area contributed by atoms with Crippen molar-refractivity contribution >= 4 is 73.1 Å². The average molecular weight is 477 g/mol. The van der Waals surface area contributed by atoms with Gasteiger partial charge < -0.3 is 15.4 Å². The summed E-state index contributed by atoms with van der Waals surface area (Å²) in [5, 5.41) is 9.46. The molecule has 3 N–H and O–H groups in total. The summed E-state index contributed by atoms with van der Waals surface area (Å²) >= 11 is 12.8. The summed E-state index contributed by atoms with van der Waals surface area (Å²) in [7, 11) is 0. The molecule has 162 valence electrons. The van der Waals surface area contributed by atoms with E-state index in [4.69, 9.17) is 28.6 Å². The minimum Gasteiger partial charge on any atom is -0.492 e. The molecule has 0 aliphatic rings. The predicted molar refractivity (Wildman–Crippen MR) is 129 cm³/mol. The maximum atomic E-state index is 12.5. The summed E-state index contributed by atoms with van der Waals surface area (Å²) in [5.41, 5.74) is 1.82. The number of halogens is 1. The predicted octanol–water partition coefficient (Wildman–Crippen LogP) is 5.21. The van der Waals surface area contributed by atoms with Crippen molar-refractivity contribution in [2.24, 2.45) is 0 Å². The van der Waals surface area contributed by atoms with Crippen molar-refractivity contribution in [2.45, 2.75) is 26.7 Å². The number of thiazole rings is 1. The smallest absolute Gasteiger partial charge is 0.257 e. The molecule has 2 aromatic carbocycles. The second kappa shape index (κ2) is 10.5. The largest absolute Gasteiger partial charge is 0.492 e. The summed E-state index contributed by atoms with van der Waals surface area (Å²) in [6.45, 7) is 4.28. The van der Waals surface area contributed by atoms with E-state index in [0.29, 0.717) is 40.2 Å². The number of carbonyl (C=O) groups is 2. The quantitative estimate of drug-likeness (QED) is 0.405. The highest BCUT2D eigenvalue weighted by Crippen LogP contribution is 2.29. The standard InChI is InChI=1S/C21H21ClN4O3S2/c1-3-5-18(27)25-21-24-15-8-7-13(11-17(15)31-21)23-20(30)26-19(28)12-6-9-16(29-4-2)14(22)10-12/h6-11H,3-5H2,1-2H3,(H,24,25,27)(H2,23,26,28,30). The van der Waals surface area contributed by atoms with Crippen LogP contribution in [0.1, 0.15) is 37.0 Å². The number of carbonyl (C=O) groups excluding carboxylic acids is 2. The maximum absolute atomic E-state index is 12.5. The Morgan fingerprint density at radius 1 is 1.16 bits per heavy atom. The van der Waals surface area contributed by atoms with Crippen molar-refractivity contribution < 1.29 is 14.3 Å². The van der Waals surface area contributed by atoms with Gasteiger partial charge in [-0.2, -0.15) is 0 Å². The van der Waals surface area contributed by atoms with Crippen LogP contribution < -0.4 is 20.7 Å². The molecule has 0 atom stereocenters. The lowest BCUT2D eigenvalue weighted by molar-refractivity contribution is -0.116. The second-order valence-electron chi connectivity index (χ2n) is 6.49. The summed E-state index contributed by atoms with van der Waals surface area (Å²) < 4.78 is 6.25. The van der Waals surface area contributed by atoms with Crippen LogP contribution >= 0.6 is 35.2 Å². The zero-order chi connectivity index (χ0) is 22.4. The molecule has 2 amide bonds. The van der Waals surface area contributed by atoms with E-state index in [9.17, 15) is 9.59 Å². The van der Waals surface area contributed by atoms with Gasteiger partial charge in [0.15, 0.2) is 10.2 Å². The van der Waals surface area contributed by atoms with Crippen LogP contribution in [0, 0.1) is 0 Å². The molecule has 0 unspecified atom stereocenters. The number of nitrogens with zero attached hydrogens (tertiary/aromatic N) is 1. The molecule has 0 aliphatic heterocycles. The van der Waals surface area contributed by atoms with Crippen LogP contribution in [-0.4, -0.2) is 28.5 Å². The number of ether oxygens (including phenoxy) is 1. The molecule has 0 spiro atoms. The van der Waals surface area contributed by atoms with Crippen molar-refractivity contribution in [3.05, 3.63) is 47.0 Å². The van der Waals surface area contributed by atoms with E-state index in [1.807, 2.05) is 26.0 Å². The van der Waals surface area contributed by atoms with Gasteiger partial charge in [-0.3, -0.25) is 14.9 Å². The third kappa shape index (κ3) is 6.13. The van der Waals surface area contributed by atoms with Crippen LogP contribution in [0.3, 0.4) is 0 Å². The second-order valence-corrected chi connectivity index (χ2v) is 8.33. The van der Waals surface area contributed by atoms with E-state index in [1.54, 1.807) is 18.2 Å². The molecule has 0 saturated carbocycles. The maximum Gasteiger partial charge on any atom is 0.257 e. The van der Waals surface area contributed by atoms with Gasteiger partial charge in [0.2, 0.25) is 5.91 Å². The molecule has 0 radical (unpaired) electrons. The Bertz CT molecular complexity index is 1130. The molecule has 31 heavy (non-hydrogen) atoms. The number of thiocarbonyl (C=S) groups is 1. The number of amides is 2. The summed E-state index contributed by atoms with van der Waals surface area (Å²) in [6.07, 6.45) is 1.23. The monoisotopic (exact) mass is 476 g/mol. The minimum atomic E-state index is -0.387. The Balaban J connectivity index is 1.63. The van der Waals surface area contributed by atoms with Gasteiger partial charge in [-0.25, -0.2) is 4.98 Å². The van der Waals surface area contributed by atoms with Gasteiger partial charge in [0.25, 0.3) is 5.91 Å². The van der Waals surface area contributed by atoms with Crippen LogP contribution in [0.25, 0.3) is 10.2 Å². The molecule has 1 aromatic heterocycles. The van der Waals surface area contributed by atoms with Crippen molar-refractivity contribution in [1.82, 2.24) is 10.3 Å². The number of hydrogen-bond donors (Lipinski definition) is 3. The lowest BCUT2D eigenvalue weighted by Crippen LogP contribution is -2.34. The molecular weight excluding hydrogens is 456 g/mol. The van der Waals surface area contributed by atoms with E-state index in [-0.39, 0.29) is 16.9 Å². The van der Waals surface area contributed by atoms with E-state index in [0.717, 1.165) is 16.6 Å². The summed E-state index contributed by atoms with van der Waals surface area (Å²) in [4.78, 5) is 28.6. The molecule has 1 heterocycles. The molecule has 0 fully saturated rings. The third-order valence-electron chi connectivity index (χ3n) is 4.09. The fourth-order valence-electron chi connectivity index (χ4n) is 2.72. The zero-order valence-corrected chi connectivity index (χ0v) is 19.3. The highest BCUT2D eigenvalue weighted by molar-refractivity contribution is 7.80. The van der Waals surface area contributed by atoms with Gasteiger partial charge >= 0.3 is 0 Å². The minimum absolute atomic E-state index is 0.0572. The van der Waals surface area contributed by atoms with Crippen LogP contribution in [0.4, 0.5) is 10.8 Å². The van der Waals surface area contributed by atoms with Crippen molar-refractivity contribution in [3.8, 4) is 5.75 Å². The Kier molecular flexibility index (Phi) is 7.78. The van der Waals surface area contributed by atoms with Crippen LogP contribution in [0.2, 0.25) is 5.02 Å². The van der Waals surface area contributed by atoms with Gasteiger partial charge in [-0.1, -0.05) is 29.9 Å². The van der Waals surface area contributed by atoms with E-state index < -0.39 is 0 Å². The Labute approximate surface area is 194 Å². The fraction of sp³-hybridized carbons (Fsp3) is 0.238. The molecule has 7 nitrogen and oxygen atoms in total. The average Bonchev–Trinajstić information content (AvgIpc) is 3.11. The van der Waals surface area contributed by atoms with Gasteiger partial charge in [0.05, 0.1) is 21.8 Å². The van der Waals surface area contributed by atoms with Gasteiger partial charge in [-0.15, -0.1) is 0 Å². The summed E-state index contributed by atoms with van der Waals surface area (Å²) in [5.74, 6) is 0.0740. The van der Waals surface area contributed by atoms with Gasteiger partial charge in [-0.05, 0) is 62.0 Å². The van der Waals surface area contributed by atoms with E-state index >= 15 is 0 Å². The number of benzene rings is 2. The molecule has 0 bridgehead atoms. The summed E-state index contributed by atoms with van der Waals surface area (Å²) in [6, 6.07) is 10.3. The highest BCUT2D eigenvalue weighted by atomic mass is 35.5. The molecule has 3 aromatic rings. The number of fused-ring (bicyclic) bond motifs is 1. The van der Waals surface area contributed by atoms with Crippen molar-refractivity contribution in [1.29, 1.82) is 0 Å². The zero-order valence-electron chi connectivity index (χ0n) is 17.0. The Hall–Kier alpha value is -2.75. The molecule has 3 rings (SSSR count). The molecule has 0 aliphatic carbocycles. The van der Waals surface area contributed by atoms with Crippen LogP contribution in [0.5, 0.6) is 5.75 Å². The number of aromatic nitrogens is 1. The molecule has 0 saturated heterocycles. The first-order chi connectivity index (χ1) is 14.9. The van der Waals surface area contributed by atoms with E-state index in [2.05, 4.69) is 20.9 Å². The van der Waals surface area contributed by atoms with Crippen molar-refractivity contribution in [3.63, 3.8) is 0 Å². The highest BCUT2D eigenvalue weighted by Gasteiger charge is 2.12. The molecule has 10 heteroatoms. The SMILES string of the molecule is CCCC(=O)Nc1nc2ccc(NC(=S)NC(=O)c3ccc(OCC)c(Cl)c3)cc2s1. The van der Waals surface area contributed by atoms with Crippen molar-refractivity contribution in [2.75, 3.05) is 17.2 Å². The number of rotatable bonds is 7. The topological polar surface area (TPSA) is 92.4 Å². The van der Waals surface area contributed by atoms with Crippen LogP contribution in [0.15, 0.2) is 36.4 Å². The number of nitrogens with one attached hydrogen (secondary N) is 3. The first-order valence-corrected chi connectivity index (χ1v) is 11.2. The normalized spacial score (nSPS) is 10.5.